The molecule has 1 fully saturated rings. The van der Waals surface area contributed by atoms with Gasteiger partial charge in [0.05, 0.1) is 22.3 Å². The fourth-order valence-electron chi connectivity index (χ4n) is 2.44. The molecule has 18 heavy (non-hydrogen) atoms. The van der Waals surface area contributed by atoms with Gasteiger partial charge in [0.1, 0.15) is 0 Å². The van der Waals surface area contributed by atoms with Crippen molar-refractivity contribution < 1.29 is 0 Å². The average molecular weight is 264 g/mol. The third-order valence-corrected chi connectivity index (χ3v) is 3.97. The van der Waals surface area contributed by atoms with E-state index in [1.54, 1.807) is 6.07 Å². The minimum atomic E-state index is 0.575. The highest BCUT2D eigenvalue weighted by Crippen LogP contribution is 2.28. The van der Waals surface area contributed by atoms with Gasteiger partial charge in [0.2, 0.25) is 0 Å². The van der Waals surface area contributed by atoms with Crippen molar-refractivity contribution in [2.45, 2.75) is 19.4 Å². The van der Waals surface area contributed by atoms with Gasteiger partial charge in [0.25, 0.3) is 0 Å². The van der Waals surface area contributed by atoms with E-state index in [9.17, 15) is 0 Å². The lowest BCUT2D eigenvalue weighted by Crippen LogP contribution is -2.51. The van der Waals surface area contributed by atoms with Crippen molar-refractivity contribution in [3.05, 3.63) is 28.8 Å². The fourth-order valence-corrected chi connectivity index (χ4v) is 2.74. The van der Waals surface area contributed by atoms with Crippen molar-refractivity contribution in [3.63, 3.8) is 0 Å². The fraction of sp³-hybridized carbons (Fsp3) is 0.500. The lowest BCUT2D eigenvalue weighted by Gasteiger charge is -2.40. The number of likely N-dealkylation sites (N-methyl/N-ethyl adjacent to an activating group) is 1. The van der Waals surface area contributed by atoms with Gasteiger partial charge in [-0.15, -0.1) is 0 Å². The molecule has 96 valence electrons. The van der Waals surface area contributed by atoms with Crippen LogP contribution in [0.5, 0.6) is 0 Å². The molecule has 1 saturated heterocycles. The van der Waals surface area contributed by atoms with Crippen LogP contribution in [-0.2, 0) is 0 Å². The molecule has 0 radical (unpaired) electrons. The summed E-state index contributed by atoms with van der Waals surface area (Å²) >= 11 is 6.26. The van der Waals surface area contributed by atoms with Crippen LogP contribution in [0.15, 0.2) is 18.2 Å². The van der Waals surface area contributed by atoms with E-state index >= 15 is 0 Å². The molecule has 0 bridgehead atoms. The summed E-state index contributed by atoms with van der Waals surface area (Å²) in [6.45, 7) is 5.25. The van der Waals surface area contributed by atoms with Crippen molar-refractivity contribution in [2.24, 2.45) is 0 Å². The Balaban J connectivity index is 2.20. The molecule has 1 unspecified atom stereocenters. The Bertz CT molecular complexity index is 467. The minimum Gasteiger partial charge on any atom is -0.367 e. The van der Waals surface area contributed by atoms with Gasteiger partial charge in [0, 0.05) is 25.7 Å². The van der Waals surface area contributed by atoms with Crippen LogP contribution >= 0.6 is 11.6 Å². The van der Waals surface area contributed by atoms with Gasteiger partial charge in [-0.1, -0.05) is 18.5 Å². The molecular formula is C14H18ClN3. The monoisotopic (exact) mass is 263 g/mol. The summed E-state index contributed by atoms with van der Waals surface area (Å²) in [5.41, 5.74) is 1.66. The summed E-state index contributed by atoms with van der Waals surface area (Å²) in [6.07, 6.45) is 1.14. The van der Waals surface area contributed by atoms with Gasteiger partial charge in [-0.3, -0.25) is 4.90 Å². The van der Waals surface area contributed by atoms with Gasteiger partial charge in [-0.25, -0.2) is 0 Å². The zero-order valence-electron chi connectivity index (χ0n) is 10.9. The minimum absolute atomic E-state index is 0.575. The lowest BCUT2D eigenvalue weighted by molar-refractivity contribution is 0.213. The smallest absolute Gasteiger partial charge is 0.0992 e. The number of piperazine rings is 1. The molecule has 0 saturated carbocycles. The van der Waals surface area contributed by atoms with Crippen molar-refractivity contribution in [1.29, 1.82) is 5.26 Å². The molecule has 0 aromatic heterocycles. The van der Waals surface area contributed by atoms with E-state index in [1.807, 2.05) is 12.1 Å². The van der Waals surface area contributed by atoms with Gasteiger partial charge < -0.3 is 4.90 Å². The second kappa shape index (κ2) is 5.60. The molecule has 1 aromatic rings. The van der Waals surface area contributed by atoms with E-state index in [2.05, 4.69) is 29.8 Å². The number of benzene rings is 1. The summed E-state index contributed by atoms with van der Waals surface area (Å²) < 4.78 is 0. The second-order valence-electron chi connectivity index (χ2n) is 4.77. The maximum Gasteiger partial charge on any atom is 0.0992 e. The molecule has 1 atom stereocenters. The molecule has 1 aromatic carbocycles. The second-order valence-corrected chi connectivity index (χ2v) is 5.17. The Morgan fingerprint density at radius 2 is 2.22 bits per heavy atom. The number of rotatable bonds is 2. The number of nitriles is 1. The first-order chi connectivity index (χ1) is 8.65. The summed E-state index contributed by atoms with van der Waals surface area (Å²) in [7, 11) is 2.17. The number of hydrogen-bond donors (Lipinski definition) is 0. The predicted molar refractivity (Wildman–Crippen MR) is 75.1 cm³/mol. The van der Waals surface area contributed by atoms with Gasteiger partial charge >= 0.3 is 0 Å². The van der Waals surface area contributed by atoms with Crippen LogP contribution in [-0.4, -0.2) is 37.6 Å². The van der Waals surface area contributed by atoms with E-state index < -0.39 is 0 Å². The Hall–Kier alpha value is -1.24. The zero-order valence-corrected chi connectivity index (χ0v) is 11.6. The Morgan fingerprint density at radius 1 is 1.44 bits per heavy atom. The SMILES string of the molecule is CCC1CN(c2ccc(C#N)cc2Cl)CCN1C. The predicted octanol–water partition coefficient (Wildman–Crippen LogP) is 2.74. The maximum absolute atomic E-state index is 8.85. The molecule has 3 nitrogen and oxygen atoms in total. The van der Waals surface area contributed by atoms with Crippen LogP contribution in [0.25, 0.3) is 0 Å². The van der Waals surface area contributed by atoms with E-state index in [4.69, 9.17) is 16.9 Å². The number of anilines is 1. The zero-order chi connectivity index (χ0) is 13.1. The number of hydrogen-bond acceptors (Lipinski definition) is 3. The molecule has 0 N–H and O–H groups in total. The first-order valence-corrected chi connectivity index (χ1v) is 6.68. The highest BCUT2D eigenvalue weighted by molar-refractivity contribution is 6.33. The van der Waals surface area contributed by atoms with Crippen molar-refractivity contribution >= 4 is 17.3 Å². The van der Waals surface area contributed by atoms with Crippen molar-refractivity contribution in [1.82, 2.24) is 4.90 Å². The number of halogens is 1. The molecule has 0 aliphatic carbocycles. The van der Waals surface area contributed by atoms with E-state index in [1.165, 1.54) is 0 Å². The lowest BCUT2D eigenvalue weighted by atomic mass is 10.1. The third-order valence-electron chi connectivity index (χ3n) is 3.67. The summed E-state index contributed by atoms with van der Waals surface area (Å²) in [6, 6.07) is 8.23. The highest BCUT2D eigenvalue weighted by atomic mass is 35.5. The van der Waals surface area contributed by atoms with Crippen LogP contribution in [0.3, 0.4) is 0 Å². The number of nitrogens with zero attached hydrogens (tertiary/aromatic N) is 3. The summed E-state index contributed by atoms with van der Waals surface area (Å²) in [5, 5.41) is 9.52. The topological polar surface area (TPSA) is 30.3 Å². The molecule has 1 aliphatic rings. The molecule has 2 rings (SSSR count). The Morgan fingerprint density at radius 3 is 2.83 bits per heavy atom. The molecule has 0 amide bonds. The highest BCUT2D eigenvalue weighted by Gasteiger charge is 2.24. The van der Waals surface area contributed by atoms with Gasteiger partial charge in [-0.2, -0.15) is 5.26 Å². The van der Waals surface area contributed by atoms with Crippen molar-refractivity contribution in [2.75, 3.05) is 31.6 Å². The standard InChI is InChI=1S/C14H18ClN3/c1-3-12-10-18(7-6-17(12)2)14-5-4-11(9-16)8-13(14)15/h4-5,8,12H,3,6-7,10H2,1-2H3. The first-order valence-electron chi connectivity index (χ1n) is 6.30. The maximum atomic E-state index is 8.85. The summed E-state index contributed by atoms with van der Waals surface area (Å²) in [5.74, 6) is 0. The largest absolute Gasteiger partial charge is 0.367 e. The molecule has 1 aliphatic heterocycles. The molecule has 0 spiro atoms. The van der Waals surface area contributed by atoms with Crippen LogP contribution in [0, 0.1) is 11.3 Å². The van der Waals surface area contributed by atoms with Gasteiger partial charge in [0.15, 0.2) is 0 Å². The summed E-state index contributed by atoms with van der Waals surface area (Å²) in [4.78, 5) is 4.71. The van der Waals surface area contributed by atoms with E-state index in [0.29, 0.717) is 16.6 Å². The van der Waals surface area contributed by atoms with E-state index in [-0.39, 0.29) is 0 Å². The Labute approximate surface area is 114 Å². The molecule has 4 heteroatoms. The van der Waals surface area contributed by atoms with Crippen LogP contribution in [0.1, 0.15) is 18.9 Å². The first kappa shape index (κ1) is 13.2. The molecular weight excluding hydrogens is 246 g/mol. The normalized spacial score (nSPS) is 20.8. The van der Waals surface area contributed by atoms with Crippen LogP contribution in [0.4, 0.5) is 5.69 Å². The third kappa shape index (κ3) is 2.60. The van der Waals surface area contributed by atoms with E-state index in [0.717, 1.165) is 31.7 Å². The van der Waals surface area contributed by atoms with Crippen molar-refractivity contribution in [3.8, 4) is 6.07 Å². The van der Waals surface area contributed by atoms with Crippen LogP contribution in [0.2, 0.25) is 5.02 Å². The average Bonchev–Trinajstić information content (AvgIpc) is 2.39. The van der Waals surface area contributed by atoms with Gasteiger partial charge in [-0.05, 0) is 31.7 Å². The molecule has 1 heterocycles. The Kier molecular flexibility index (Phi) is 4.11. The van der Waals surface area contributed by atoms with Crippen LogP contribution < -0.4 is 4.90 Å². The quantitative estimate of drug-likeness (QED) is 0.822.